The van der Waals surface area contributed by atoms with Gasteiger partial charge in [0.05, 0.1) is 23.6 Å². The van der Waals surface area contributed by atoms with Crippen molar-refractivity contribution in [3.63, 3.8) is 0 Å². The van der Waals surface area contributed by atoms with Crippen LogP contribution in [-0.4, -0.2) is 22.5 Å². The second kappa shape index (κ2) is 8.54. The number of halogens is 1. The van der Waals surface area contributed by atoms with Crippen molar-refractivity contribution in [2.24, 2.45) is 0 Å². The third kappa shape index (κ3) is 3.60. The largest absolute Gasteiger partial charge is 0.504 e. The number of phenolic OH excluding ortho intramolecular Hbond substituents is 1. The van der Waals surface area contributed by atoms with Gasteiger partial charge >= 0.3 is 0 Å². The van der Waals surface area contributed by atoms with Crippen molar-refractivity contribution in [2.45, 2.75) is 26.4 Å². The second-order valence-corrected chi connectivity index (χ2v) is 8.67. The molecule has 2 heterocycles. The van der Waals surface area contributed by atoms with Gasteiger partial charge in [-0.2, -0.15) is 0 Å². The maximum atomic E-state index is 13.7. The highest BCUT2D eigenvalue weighted by Gasteiger charge is 2.43. The predicted molar refractivity (Wildman–Crippen MR) is 130 cm³/mol. The number of rotatable bonds is 5. The molecule has 0 radical (unpaired) electrons. The second-order valence-electron chi connectivity index (χ2n) is 8.26. The number of fused-ring (bicyclic) bond motifs is 2. The third-order valence-corrected chi connectivity index (χ3v) is 6.39. The average Bonchev–Trinajstić information content (AvgIpc) is 3.09. The van der Waals surface area contributed by atoms with Crippen LogP contribution in [0.25, 0.3) is 11.0 Å². The summed E-state index contributed by atoms with van der Waals surface area (Å²) in [6.07, 6.45) is 0. The van der Waals surface area contributed by atoms with E-state index in [0.29, 0.717) is 28.2 Å². The molecule has 0 unspecified atom stereocenters. The fourth-order valence-corrected chi connectivity index (χ4v) is 4.62. The van der Waals surface area contributed by atoms with Crippen molar-refractivity contribution in [3.8, 4) is 11.5 Å². The lowest BCUT2D eigenvalue weighted by Gasteiger charge is -2.26. The summed E-state index contributed by atoms with van der Waals surface area (Å²) < 4.78 is 11.6. The summed E-state index contributed by atoms with van der Waals surface area (Å²) in [7, 11) is 0. The summed E-state index contributed by atoms with van der Waals surface area (Å²) in [6.45, 7) is 4.24. The minimum absolute atomic E-state index is 0.0180. The number of carbonyl (C=O) groups is 1. The summed E-state index contributed by atoms with van der Waals surface area (Å²) in [5.41, 5.74) is 2.65. The smallest absolute Gasteiger partial charge is 0.291 e. The number of aryl methyl sites for hydroxylation is 1. The van der Waals surface area contributed by atoms with E-state index < -0.39 is 11.9 Å². The Morgan fingerprint density at radius 3 is 2.65 bits per heavy atom. The molecule has 34 heavy (non-hydrogen) atoms. The van der Waals surface area contributed by atoms with E-state index in [1.54, 1.807) is 35.2 Å². The normalized spacial score (nSPS) is 15.1. The van der Waals surface area contributed by atoms with Gasteiger partial charge in [0.15, 0.2) is 16.9 Å². The van der Waals surface area contributed by atoms with E-state index in [0.717, 1.165) is 11.1 Å². The molecule has 0 spiro atoms. The predicted octanol–water partition coefficient (Wildman–Crippen LogP) is 5.60. The first-order chi connectivity index (χ1) is 16.4. The van der Waals surface area contributed by atoms with Gasteiger partial charge in [0.25, 0.3) is 5.91 Å². The van der Waals surface area contributed by atoms with Crippen LogP contribution in [0.2, 0.25) is 5.02 Å². The average molecular weight is 476 g/mol. The van der Waals surface area contributed by atoms with Crippen LogP contribution in [0, 0.1) is 6.92 Å². The molecule has 0 aliphatic carbocycles. The quantitative estimate of drug-likeness (QED) is 0.406. The van der Waals surface area contributed by atoms with E-state index >= 15 is 0 Å². The van der Waals surface area contributed by atoms with E-state index in [1.165, 1.54) is 6.07 Å². The molecule has 1 amide bonds. The molecule has 1 aliphatic heterocycles. The molecule has 0 fully saturated rings. The highest BCUT2D eigenvalue weighted by molar-refractivity contribution is 6.31. The van der Waals surface area contributed by atoms with Crippen LogP contribution in [-0.2, 0) is 6.54 Å². The van der Waals surface area contributed by atoms with E-state index in [4.69, 9.17) is 20.8 Å². The zero-order chi connectivity index (χ0) is 24.0. The first-order valence-electron chi connectivity index (χ1n) is 11.0. The Morgan fingerprint density at radius 2 is 1.88 bits per heavy atom. The van der Waals surface area contributed by atoms with Gasteiger partial charge < -0.3 is 19.2 Å². The molecule has 0 bridgehead atoms. The number of hydrogen-bond acceptors (Lipinski definition) is 5. The first-order valence-corrected chi connectivity index (χ1v) is 11.3. The number of hydrogen-bond donors (Lipinski definition) is 1. The van der Waals surface area contributed by atoms with Crippen LogP contribution in [0.15, 0.2) is 69.9 Å². The zero-order valence-corrected chi connectivity index (χ0v) is 19.4. The molecular weight excluding hydrogens is 454 g/mol. The van der Waals surface area contributed by atoms with Gasteiger partial charge in [0.1, 0.15) is 5.58 Å². The molecule has 4 aromatic rings. The minimum Gasteiger partial charge on any atom is -0.504 e. The number of carbonyl (C=O) groups excluding carboxylic acids is 1. The summed E-state index contributed by atoms with van der Waals surface area (Å²) in [4.78, 5) is 28.9. The van der Waals surface area contributed by atoms with E-state index in [-0.39, 0.29) is 34.8 Å². The van der Waals surface area contributed by atoms with Crippen LogP contribution in [0.4, 0.5) is 0 Å². The van der Waals surface area contributed by atoms with Crippen LogP contribution >= 0.6 is 11.6 Å². The van der Waals surface area contributed by atoms with Crippen LogP contribution in [0.1, 0.15) is 45.8 Å². The summed E-state index contributed by atoms with van der Waals surface area (Å²) >= 11 is 6.40. The molecule has 1 aromatic heterocycles. The van der Waals surface area contributed by atoms with Crippen LogP contribution < -0.4 is 10.2 Å². The molecule has 1 aliphatic rings. The van der Waals surface area contributed by atoms with Crippen molar-refractivity contribution < 1.29 is 19.1 Å². The lowest BCUT2D eigenvalue weighted by atomic mass is 9.97. The number of aromatic hydroxyl groups is 1. The van der Waals surface area contributed by atoms with Crippen molar-refractivity contribution in [1.82, 2.24) is 4.90 Å². The number of ether oxygens (including phenoxy) is 1. The van der Waals surface area contributed by atoms with Gasteiger partial charge in [-0.25, -0.2) is 0 Å². The summed E-state index contributed by atoms with van der Waals surface area (Å²) in [6, 6.07) is 16.7. The van der Waals surface area contributed by atoms with E-state index in [9.17, 15) is 14.7 Å². The molecular formula is C27H22ClNO5. The summed E-state index contributed by atoms with van der Waals surface area (Å²) in [5.74, 6) is -0.122. The van der Waals surface area contributed by atoms with Gasteiger partial charge in [-0.15, -0.1) is 0 Å². The Morgan fingerprint density at radius 1 is 1.09 bits per heavy atom. The van der Waals surface area contributed by atoms with Gasteiger partial charge in [0.2, 0.25) is 5.76 Å². The molecule has 172 valence electrons. The Labute approximate surface area is 201 Å². The SMILES string of the molecule is CCOc1cc([C@@H]2c3c(oc4ccc(C)cc4c3=O)C(=O)N2Cc2ccccc2Cl)ccc1O. The highest BCUT2D eigenvalue weighted by Crippen LogP contribution is 2.42. The van der Waals surface area contributed by atoms with Crippen molar-refractivity contribution in [3.05, 3.63) is 104 Å². The van der Waals surface area contributed by atoms with Crippen molar-refractivity contribution >= 4 is 28.5 Å². The molecule has 6 nitrogen and oxygen atoms in total. The first kappa shape index (κ1) is 22.0. The van der Waals surface area contributed by atoms with Crippen LogP contribution in [0.5, 0.6) is 11.5 Å². The monoisotopic (exact) mass is 475 g/mol. The highest BCUT2D eigenvalue weighted by atomic mass is 35.5. The molecule has 3 aromatic carbocycles. The Hall–Kier alpha value is -3.77. The molecule has 7 heteroatoms. The number of nitrogens with zero attached hydrogens (tertiary/aromatic N) is 1. The summed E-state index contributed by atoms with van der Waals surface area (Å²) in [5, 5.41) is 11.2. The van der Waals surface area contributed by atoms with Crippen molar-refractivity contribution in [2.75, 3.05) is 6.61 Å². The molecule has 5 rings (SSSR count). The van der Waals surface area contributed by atoms with E-state index in [2.05, 4.69) is 0 Å². The third-order valence-electron chi connectivity index (χ3n) is 6.02. The molecule has 0 saturated carbocycles. The molecule has 1 atom stereocenters. The lowest BCUT2D eigenvalue weighted by Crippen LogP contribution is -2.29. The molecule has 1 N–H and O–H groups in total. The van der Waals surface area contributed by atoms with E-state index in [1.807, 2.05) is 38.1 Å². The number of benzene rings is 3. The fourth-order valence-electron chi connectivity index (χ4n) is 4.43. The van der Waals surface area contributed by atoms with Gasteiger partial charge in [-0.3, -0.25) is 9.59 Å². The molecule has 0 saturated heterocycles. The maximum Gasteiger partial charge on any atom is 0.291 e. The standard InChI is InChI=1S/C27H22ClNO5/c1-3-33-22-13-16(9-10-20(22)30)24-23-25(31)18-12-15(2)8-11-21(18)34-26(23)27(32)29(24)14-17-6-4-5-7-19(17)28/h4-13,24,30H,3,14H2,1-2H3/t24-/m1/s1. The Kier molecular flexibility index (Phi) is 5.54. The fraction of sp³-hybridized carbons (Fsp3) is 0.185. The number of amides is 1. The lowest BCUT2D eigenvalue weighted by molar-refractivity contribution is 0.0714. The zero-order valence-electron chi connectivity index (χ0n) is 18.7. The van der Waals surface area contributed by atoms with Gasteiger partial charge in [-0.1, -0.05) is 47.5 Å². The van der Waals surface area contributed by atoms with Gasteiger partial charge in [-0.05, 0) is 55.3 Å². The maximum absolute atomic E-state index is 13.7. The Balaban J connectivity index is 1.74. The topological polar surface area (TPSA) is 80.0 Å². The van der Waals surface area contributed by atoms with Crippen LogP contribution in [0.3, 0.4) is 0 Å². The Bertz CT molecular complexity index is 1490. The number of phenols is 1. The van der Waals surface area contributed by atoms with Gasteiger partial charge in [0, 0.05) is 11.6 Å². The minimum atomic E-state index is -0.736. The van der Waals surface area contributed by atoms with Crippen molar-refractivity contribution in [1.29, 1.82) is 0 Å².